The van der Waals surface area contributed by atoms with Crippen molar-refractivity contribution < 1.29 is 27.8 Å². The molecule has 0 aliphatic carbocycles. The molecule has 1 aromatic heterocycles. The van der Waals surface area contributed by atoms with Crippen LogP contribution in [0.5, 0.6) is 5.75 Å². The molecule has 218 valence electrons. The van der Waals surface area contributed by atoms with Crippen molar-refractivity contribution in [1.82, 2.24) is 9.88 Å². The lowest BCUT2D eigenvalue weighted by Gasteiger charge is -2.43. The van der Waals surface area contributed by atoms with Crippen LogP contribution in [-0.4, -0.2) is 45.8 Å². The molecular formula is C32H41F3N2O3. The van der Waals surface area contributed by atoms with Crippen LogP contribution in [0, 0.1) is 11.6 Å². The highest BCUT2D eigenvalue weighted by Gasteiger charge is 2.41. The lowest BCUT2D eigenvalue weighted by Crippen LogP contribution is -2.48. The van der Waals surface area contributed by atoms with E-state index in [0.29, 0.717) is 25.1 Å². The summed E-state index contributed by atoms with van der Waals surface area (Å²) < 4.78 is 52.1. The standard InChI is InChI=1S/C32H41F3N2O3/c1-21-17-24-23-13-10-11-14-27(23)36-30(24)31(37(21)20-32(2,3)35)29-25(33)18-22(19-26(29)34)40-16-12-8-6-4-5-7-9-15-28(38)39/h10-11,13-14,18-19,21,31,36H,4-9,12,15-17,20H2,1-3H3,(H,38,39)/t21-,31-/m1/s1. The van der Waals surface area contributed by atoms with E-state index in [1.54, 1.807) is 0 Å². The number of halogens is 3. The Morgan fingerprint density at radius 1 is 1.05 bits per heavy atom. The molecule has 3 aromatic rings. The van der Waals surface area contributed by atoms with E-state index in [4.69, 9.17) is 9.84 Å². The van der Waals surface area contributed by atoms with Crippen LogP contribution in [0.3, 0.4) is 0 Å². The number of benzene rings is 2. The van der Waals surface area contributed by atoms with Gasteiger partial charge in [0.2, 0.25) is 0 Å². The van der Waals surface area contributed by atoms with Crippen LogP contribution < -0.4 is 4.74 Å². The van der Waals surface area contributed by atoms with Gasteiger partial charge in [-0.1, -0.05) is 50.3 Å². The molecule has 0 saturated carbocycles. The van der Waals surface area contributed by atoms with E-state index in [0.717, 1.165) is 55.0 Å². The van der Waals surface area contributed by atoms with E-state index in [2.05, 4.69) is 4.98 Å². The summed E-state index contributed by atoms with van der Waals surface area (Å²) in [7, 11) is 0. The molecule has 2 atom stereocenters. The van der Waals surface area contributed by atoms with E-state index in [9.17, 15) is 9.18 Å². The number of alkyl halides is 1. The lowest BCUT2D eigenvalue weighted by atomic mass is 9.87. The molecule has 1 aliphatic rings. The number of ether oxygens (including phenoxy) is 1. The highest BCUT2D eigenvalue weighted by Crippen LogP contribution is 2.43. The first-order chi connectivity index (χ1) is 19.0. The number of nitrogens with one attached hydrogen (secondary N) is 1. The SMILES string of the molecule is C[C@@H]1Cc2c([nH]c3ccccc23)[C@@H](c2c(F)cc(OCCCCCCCCCC(=O)O)cc2F)N1CC(C)(C)F. The smallest absolute Gasteiger partial charge is 0.303 e. The number of carboxylic acid groups (broad SMARTS) is 1. The van der Waals surface area contributed by atoms with Crippen molar-refractivity contribution in [3.63, 3.8) is 0 Å². The molecule has 1 aliphatic heterocycles. The predicted octanol–water partition coefficient (Wildman–Crippen LogP) is 8.11. The number of para-hydroxylation sites is 1. The molecule has 0 unspecified atom stereocenters. The summed E-state index contributed by atoms with van der Waals surface area (Å²) in [5, 5.41) is 9.70. The van der Waals surface area contributed by atoms with Gasteiger partial charge >= 0.3 is 5.97 Å². The second-order valence-electron chi connectivity index (χ2n) is 11.7. The van der Waals surface area contributed by atoms with Gasteiger partial charge in [0.1, 0.15) is 23.1 Å². The second kappa shape index (κ2) is 13.1. The molecule has 8 heteroatoms. The fourth-order valence-electron chi connectivity index (χ4n) is 5.86. The van der Waals surface area contributed by atoms with Gasteiger partial charge in [-0.3, -0.25) is 9.69 Å². The monoisotopic (exact) mass is 558 g/mol. The minimum absolute atomic E-state index is 0.0321. The van der Waals surface area contributed by atoms with Crippen molar-refractivity contribution in [3.05, 3.63) is 64.9 Å². The third kappa shape index (κ3) is 7.39. The van der Waals surface area contributed by atoms with Crippen molar-refractivity contribution in [1.29, 1.82) is 0 Å². The van der Waals surface area contributed by atoms with E-state index >= 15 is 8.78 Å². The first kappa shape index (κ1) is 30.0. The number of nitrogens with zero attached hydrogens (tertiary/aromatic N) is 1. The molecule has 2 N–H and O–H groups in total. The number of aliphatic carboxylic acids is 1. The highest BCUT2D eigenvalue weighted by atomic mass is 19.1. The maximum atomic E-state index is 15.7. The number of carbonyl (C=O) groups is 1. The van der Waals surface area contributed by atoms with Gasteiger partial charge in [-0.2, -0.15) is 0 Å². The maximum absolute atomic E-state index is 15.7. The Morgan fingerprint density at radius 3 is 2.33 bits per heavy atom. The fourth-order valence-corrected chi connectivity index (χ4v) is 5.86. The van der Waals surface area contributed by atoms with Crippen LogP contribution in [0.1, 0.15) is 95.0 Å². The zero-order valence-electron chi connectivity index (χ0n) is 23.7. The van der Waals surface area contributed by atoms with Gasteiger partial charge in [-0.05, 0) is 51.7 Å². The quantitative estimate of drug-likeness (QED) is 0.196. The maximum Gasteiger partial charge on any atom is 0.303 e. The van der Waals surface area contributed by atoms with Crippen molar-refractivity contribution in [3.8, 4) is 5.75 Å². The fraction of sp³-hybridized carbons (Fsp3) is 0.531. The molecule has 0 radical (unpaired) electrons. The number of carboxylic acids is 1. The normalized spacial score (nSPS) is 17.8. The predicted molar refractivity (Wildman–Crippen MR) is 152 cm³/mol. The number of hydrogen-bond acceptors (Lipinski definition) is 3. The summed E-state index contributed by atoms with van der Waals surface area (Å²) >= 11 is 0. The average molecular weight is 559 g/mol. The van der Waals surface area contributed by atoms with Gasteiger partial charge in [-0.25, -0.2) is 13.2 Å². The third-order valence-electron chi connectivity index (χ3n) is 7.71. The molecule has 40 heavy (non-hydrogen) atoms. The summed E-state index contributed by atoms with van der Waals surface area (Å²) in [6.07, 6.45) is 7.21. The minimum atomic E-state index is -1.55. The number of H-pyrrole nitrogens is 1. The Balaban J connectivity index is 1.46. The molecule has 0 fully saturated rings. The summed E-state index contributed by atoms with van der Waals surface area (Å²) in [5.41, 5.74) is 0.968. The number of aromatic nitrogens is 1. The van der Waals surface area contributed by atoms with Crippen molar-refractivity contribution in [2.45, 2.75) is 96.3 Å². The van der Waals surface area contributed by atoms with Crippen LogP contribution in [-0.2, 0) is 11.2 Å². The molecule has 0 amide bonds. The molecule has 2 heterocycles. The summed E-state index contributed by atoms with van der Waals surface area (Å²) in [5.74, 6) is -2.02. The van der Waals surface area contributed by atoms with Crippen molar-refractivity contribution in [2.75, 3.05) is 13.2 Å². The third-order valence-corrected chi connectivity index (χ3v) is 7.71. The van der Waals surface area contributed by atoms with Gasteiger partial charge < -0.3 is 14.8 Å². The lowest BCUT2D eigenvalue weighted by molar-refractivity contribution is -0.137. The molecule has 0 saturated heterocycles. The Hall–Kier alpha value is -3.00. The van der Waals surface area contributed by atoms with E-state index in [1.165, 1.54) is 26.0 Å². The number of unbranched alkanes of at least 4 members (excludes halogenated alkanes) is 6. The first-order valence-corrected chi connectivity index (χ1v) is 14.4. The topological polar surface area (TPSA) is 65.6 Å². The number of fused-ring (bicyclic) bond motifs is 3. The summed E-state index contributed by atoms with van der Waals surface area (Å²) in [4.78, 5) is 15.8. The molecule has 4 rings (SSSR count). The Morgan fingerprint density at radius 2 is 1.68 bits per heavy atom. The van der Waals surface area contributed by atoms with Gasteiger partial charge in [0.25, 0.3) is 0 Å². The Kier molecular flexibility index (Phi) is 9.82. The molecule has 5 nitrogen and oxygen atoms in total. The van der Waals surface area contributed by atoms with E-state index in [1.807, 2.05) is 36.1 Å². The zero-order valence-corrected chi connectivity index (χ0v) is 23.7. The van der Waals surface area contributed by atoms with Gasteiger partial charge in [0, 0.05) is 53.3 Å². The van der Waals surface area contributed by atoms with Gasteiger partial charge in [0.05, 0.1) is 12.6 Å². The van der Waals surface area contributed by atoms with Crippen LogP contribution >= 0.6 is 0 Å². The average Bonchev–Trinajstić information content (AvgIpc) is 3.23. The number of hydrogen-bond donors (Lipinski definition) is 2. The highest BCUT2D eigenvalue weighted by molar-refractivity contribution is 5.85. The van der Waals surface area contributed by atoms with E-state index in [-0.39, 0.29) is 30.3 Å². The van der Waals surface area contributed by atoms with Gasteiger partial charge in [0.15, 0.2) is 0 Å². The molecule has 0 spiro atoms. The summed E-state index contributed by atoms with van der Waals surface area (Å²) in [6.45, 7) is 5.34. The number of aromatic amines is 1. The molecule has 2 aromatic carbocycles. The van der Waals surface area contributed by atoms with Gasteiger partial charge in [-0.15, -0.1) is 0 Å². The van der Waals surface area contributed by atoms with Crippen LogP contribution in [0.15, 0.2) is 36.4 Å². The molecular weight excluding hydrogens is 517 g/mol. The van der Waals surface area contributed by atoms with Crippen molar-refractivity contribution >= 4 is 16.9 Å². The Labute approximate surface area is 234 Å². The zero-order chi connectivity index (χ0) is 28.9. The van der Waals surface area contributed by atoms with Crippen LogP contribution in [0.4, 0.5) is 13.2 Å². The number of rotatable bonds is 14. The second-order valence-corrected chi connectivity index (χ2v) is 11.7. The largest absolute Gasteiger partial charge is 0.493 e. The van der Waals surface area contributed by atoms with E-state index < -0.39 is 29.3 Å². The van der Waals surface area contributed by atoms with Crippen LogP contribution in [0.2, 0.25) is 0 Å². The first-order valence-electron chi connectivity index (χ1n) is 14.4. The van der Waals surface area contributed by atoms with Crippen molar-refractivity contribution in [2.24, 2.45) is 0 Å². The molecule has 0 bridgehead atoms. The Bertz CT molecular complexity index is 1280. The minimum Gasteiger partial charge on any atom is -0.493 e. The summed E-state index contributed by atoms with van der Waals surface area (Å²) in [6, 6.07) is 9.37. The van der Waals surface area contributed by atoms with Crippen LogP contribution in [0.25, 0.3) is 10.9 Å².